The van der Waals surface area contributed by atoms with Gasteiger partial charge in [0.15, 0.2) is 5.78 Å². The summed E-state index contributed by atoms with van der Waals surface area (Å²) in [5.74, 6) is 0.440. The van der Waals surface area contributed by atoms with E-state index < -0.39 is 0 Å². The normalized spacial score (nSPS) is 14.4. The van der Waals surface area contributed by atoms with Gasteiger partial charge < -0.3 is 14.2 Å². The Hall–Kier alpha value is -3.41. The van der Waals surface area contributed by atoms with E-state index in [0.29, 0.717) is 37.1 Å². The van der Waals surface area contributed by atoms with Gasteiger partial charge in [-0.05, 0) is 81.3 Å². The molecule has 0 N–H and O–H groups in total. The number of aryl methyl sites for hydroxylation is 1. The third-order valence-corrected chi connectivity index (χ3v) is 6.27. The first-order valence-corrected chi connectivity index (χ1v) is 10.8. The molecule has 166 valence electrons. The van der Waals surface area contributed by atoms with E-state index in [1.807, 2.05) is 29.4 Å². The summed E-state index contributed by atoms with van der Waals surface area (Å²) in [6.45, 7) is 4.94. The standard InChI is InChI=1S/C26H27FN2O3/c1-17-16-24(18(2)29(17)22-8-6-21(27)7-9-22)26(31)28-14-12-20(13-15-28)25(30)19-4-10-23(32-3)11-5-19/h4-11,16,20H,12-15H2,1-3H3. The second-order valence-electron chi connectivity index (χ2n) is 8.26. The number of piperidine rings is 1. The first kappa shape index (κ1) is 21.8. The van der Waals surface area contributed by atoms with Crippen LogP contribution in [0.25, 0.3) is 5.69 Å². The molecule has 1 aromatic heterocycles. The Kier molecular flexibility index (Phi) is 6.12. The molecular weight excluding hydrogens is 407 g/mol. The van der Waals surface area contributed by atoms with E-state index in [1.165, 1.54) is 12.1 Å². The minimum atomic E-state index is -0.292. The summed E-state index contributed by atoms with van der Waals surface area (Å²) in [5, 5.41) is 0. The van der Waals surface area contributed by atoms with Crippen molar-refractivity contribution in [1.82, 2.24) is 9.47 Å². The van der Waals surface area contributed by atoms with Crippen molar-refractivity contribution in [2.75, 3.05) is 20.2 Å². The van der Waals surface area contributed by atoms with Gasteiger partial charge in [-0.25, -0.2) is 4.39 Å². The van der Waals surface area contributed by atoms with E-state index in [2.05, 4.69) is 0 Å². The molecule has 2 aromatic carbocycles. The van der Waals surface area contributed by atoms with E-state index in [1.54, 1.807) is 43.5 Å². The third kappa shape index (κ3) is 4.17. The molecule has 1 aliphatic rings. The molecule has 3 aromatic rings. The predicted molar refractivity (Wildman–Crippen MR) is 121 cm³/mol. The van der Waals surface area contributed by atoms with Crippen molar-refractivity contribution in [1.29, 1.82) is 0 Å². The van der Waals surface area contributed by atoms with Crippen LogP contribution in [0.3, 0.4) is 0 Å². The summed E-state index contributed by atoms with van der Waals surface area (Å²) < 4.78 is 20.4. The van der Waals surface area contributed by atoms with Gasteiger partial charge in [-0.1, -0.05) is 0 Å². The molecule has 6 heteroatoms. The summed E-state index contributed by atoms with van der Waals surface area (Å²) in [6, 6.07) is 15.3. The van der Waals surface area contributed by atoms with Crippen LogP contribution in [0.1, 0.15) is 44.9 Å². The molecule has 0 spiro atoms. The Morgan fingerprint density at radius 2 is 1.59 bits per heavy atom. The van der Waals surface area contributed by atoms with E-state index in [4.69, 9.17) is 4.74 Å². The van der Waals surface area contributed by atoms with Gasteiger partial charge in [-0.2, -0.15) is 0 Å². The zero-order valence-corrected chi connectivity index (χ0v) is 18.6. The molecular formula is C26H27FN2O3. The van der Waals surface area contributed by atoms with Crippen molar-refractivity contribution in [3.05, 3.63) is 82.9 Å². The number of aromatic nitrogens is 1. The third-order valence-electron chi connectivity index (χ3n) is 6.27. The monoisotopic (exact) mass is 434 g/mol. The van der Waals surface area contributed by atoms with Crippen molar-refractivity contribution in [2.24, 2.45) is 5.92 Å². The lowest BCUT2D eigenvalue weighted by Gasteiger charge is -2.31. The number of carbonyl (C=O) groups excluding carboxylic acids is 2. The number of amides is 1. The lowest BCUT2D eigenvalue weighted by atomic mass is 9.88. The first-order chi connectivity index (χ1) is 15.4. The SMILES string of the molecule is COc1ccc(C(=O)C2CCN(C(=O)c3cc(C)n(-c4ccc(F)cc4)c3C)CC2)cc1. The number of carbonyl (C=O) groups is 2. The molecule has 0 bridgehead atoms. The number of hydrogen-bond donors (Lipinski definition) is 0. The first-order valence-electron chi connectivity index (χ1n) is 10.8. The zero-order valence-electron chi connectivity index (χ0n) is 18.6. The average Bonchev–Trinajstić information content (AvgIpc) is 3.12. The number of Topliss-reactive ketones (excluding diaryl/α,β-unsaturated/α-hetero) is 1. The minimum Gasteiger partial charge on any atom is -0.497 e. The maximum Gasteiger partial charge on any atom is 0.255 e. The van der Waals surface area contributed by atoms with E-state index in [-0.39, 0.29) is 23.4 Å². The molecule has 0 atom stereocenters. The highest BCUT2D eigenvalue weighted by Gasteiger charge is 2.30. The molecule has 0 unspecified atom stereocenters. The number of ketones is 1. The van der Waals surface area contributed by atoms with Crippen molar-refractivity contribution >= 4 is 11.7 Å². The van der Waals surface area contributed by atoms with Crippen LogP contribution in [-0.4, -0.2) is 41.4 Å². The molecule has 32 heavy (non-hydrogen) atoms. The second-order valence-corrected chi connectivity index (χ2v) is 8.26. The Balaban J connectivity index is 1.45. The lowest BCUT2D eigenvalue weighted by Crippen LogP contribution is -2.40. The van der Waals surface area contributed by atoms with Gasteiger partial charge in [0.05, 0.1) is 12.7 Å². The number of likely N-dealkylation sites (tertiary alicyclic amines) is 1. The van der Waals surface area contributed by atoms with Crippen LogP contribution in [0.15, 0.2) is 54.6 Å². The molecule has 1 amide bonds. The Morgan fingerprint density at radius 3 is 2.19 bits per heavy atom. The maximum atomic E-state index is 13.3. The molecule has 0 saturated carbocycles. The minimum absolute atomic E-state index is 0.0261. The number of methoxy groups -OCH3 is 1. The quantitative estimate of drug-likeness (QED) is 0.533. The summed E-state index contributed by atoms with van der Waals surface area (Å²) in [7, 11) is 1.60. The molecule has 1 aliphatic heterocycles. The Labute approximate surface area is 187 Å². The number of ether oxygens (including phenoxy) is 1. The van der Waals surface area contributed by atoms with Crippen LogP contribution >= 0.6 is 0 Å². The molecule has 0 aliphatic carbocycles. The highest BCUT2D eigenvalue weighted by molar-refractivity contribution is 5.99. The van der Waals surface area contributed by atoms with Crippen LogP contribution in [0, 0.1) is 25.6 Å². The van der Waals surface area contributed by atoms with Crippen molar-refractivity contribution in [3.8, 4) is 11.4 Å². The molecule has 4 rings (SSSR count). The van der Waals surface area contributed by atoms with Crippen molar-refractivity contribution in [3.63, 3.8) is 0 Å². The van der Waals surface area contributed by atoms with Gasteiger partial charge in [0.25, 0.3) is 5.91 Å². The Bertz CT molecular complexity index is 1130. The van der Waals surface area contributed by atoms with Gasteiger partial charge in [0.2, 0.25) is 0 Å². The number of halogens is 1. The smallest absolute Gasteiger partial charge is 0.255 e. The van der Waals surface area contributed by atoms with Crippen molar-refractivity contribution < 1.29 is 18.7 Å². The number of rotatable bonds is 5. The van der Waals surface area contributed by atoms with Crippen LogP contribution < -0.4 is 4.74 Å². The number of hydrogen-bond acceptors (Lipinski definition) is 3. The van der Waals surface area contributed by atoms with Crippen LogP contribution in [0.4, 0.5) is 4.39 Å². The summed E-state index contributed by atoms with van der Waals surface area (Å²) in [6.07, 6.45) is 1.29. The fraction of sp³-hybridized carbons (Fsp3) is 0.308. The van der Waals surface area contributed by atoms with Crippen LogP contribution in [0.5, 0.6) is 5.75 Å². The predicted octanol–water partition coefficient (Wildman–Crippen LogP) is 4.98. The Morgan fingerprint density at radius 1 is 0.969 bits per heavy atom. The molecule has 2 heterocycles. The largest absolute Gasteiger partial charge is 0.497 e. The zero-order chi connectivity index (χ0) is 22.8. The fourth-order valence-electron chi connectivity index (χ4n) is 4.47. The number of benzene rings is 2. The topological polar surface area (TPSA) is 51.5 Å². The summed E-state index contributed by atoms with van der Waals surface area (Å²) >= 11 is 0. The van der Waals surface area contributed by atoms with Crippen LogP contribution in [-0.2, 0) is 0 Å². The van der Waals surface area contributed by atoms with Gasteiger partial charge in [-0.3, -0.25) is 9.59 Å². The van der Waals surface area contributed by atoms with E-state index >= 15 is 0 Å². The molecule has 5 nitrogen and oxygen atoms in total. The molecule has 1 fully saturated rings. The lowest BCUT2D eigenvalue weighted by molar-refractivity contribution is 0.0649. The molecule has 0 radical (unpaired) electrons. The summed E-state index contributed by atoms with van der Waals surface area (Å²) in [5.41, 5.74) is 3.90. The fourth-order valence-corrected chi connectivity index (χ4v) is 4.47. The molecule has 1 saturated heterocycles. The van der Waals surface area contributed by atoms with E-state index in [9.17, 15) is 14.0 Å². The maximum absolute atomic E-state index is 13.3. The van der Waals surface area contributed by atoms with E-state index in [0.717, 1.165) is 22.8 Å². The summed E-state index contributed by atoms with van der Waals surface area (Å²) in [4.78, 5) is 27.9. The second kappa shape index (κ2) is 8.99. The van der Waals surface area contributed by atoms with Gasteiger partial charge in [0.1, 0.15) is 11.6 Å². The van der Waals surface area contributed by atoms with Crippen LogP contribution in [0.2, 0.25) is 0 Å². The van der Waals surface area contributed by atoms with Crippen molar-refractivity contribution in [2.45, 2.75) is 26.7 Å². The highest BCUT2D eigenvalue weighted by Crippen LogP contribution is 2.27. The van der Waals surface area contributed by atoms with Gasteiger partial charge in [-0.15, -0.1) is 0 Å². The average molecular weight is 435 g/mol. The van der Waals surface area contributed by atoms with Gasteiger partial charge >= 0.3 is 0 Å². The van der Waals surface area contributed by atoms with Gasteiger partial charge in [0, 0.05) is 41.6 Å². The highest BCUT2D eigenvalue weighted by atomic mass is 19.1. The number of nitrogens with zero attached hydrogens (tertiary/aromatic N) is 2.